The molecule has 0 aliphatic rings. The number of rotatable bonds is 2. The molecule has 0 heterocycles. The fourth-order valence-corrected chi connectivity index (χ4v) is 0.974. The highest BCUT2D eigenvalue weighted by molar-refractivity contribution is 5.57. The van der Waals surface area contributed by atoms with E-state index < -0.39 is 0 Å². The third-order valence-corrected chi connectivity index (χ3v) is 1.63. The zero-order valence-electron chi connectivity index (χ0n) is 7.86. The molecule has 1 rings (SSSR count). The fourth-order valence-electron chi connectivity index (χ4n) is 0.974. The Kier molecular flexibility index (Phi) is 3.10. The maximum absolute atomic E-state index is 8.79. The van der Waals surface area contributed by atoms with Crippen molar-refractivity contribution in [2.75, 3.05) is 14.1 Å². The molecule has 0 fully saturated rings. The van der Waals surface area contributed by atoms with Crippen molar-refractivity contribution in [2.24, 2.45) is 0 Å². The van der Waals surface area contributed by atoms with Crippen LogP contribution in [0.2, 0.25) is 0 Å². The van der Waals surface area contributed by atoms with Crippen molar-refractivity contribution in [1.29, 1.82) is 5.26 Å². The standard InChI is InChI=1S/C11H12N2/c1-13(2)8-7-10-5-3-4-6-11(10)9-12/h3-8H,1-2H3. The summed E-state index contributed by atoms with van der Waals surface area (Å²) in [6.45, 7) is 0. The van der Waals surface area contributed by atoms with Gasteiger partial charge in [-0.05, 0) is 23.9 Å². The molecule has 0 aliphatic carbocycles. The number of hydrogen-bond acceptors (Lipinski definition) is 2. The van der Waals surface area contributed by atoms with Crippen LogP contribution in [-0.2, 0) is 0 Å². The molecule has 1 aromatic rings. The summed E-state index contributed by atoms with van der Waals surface area (Å²) in [5, 5.41) is 8.79. The molecule has 2 nitrogen and oxygen atoms in total. The van der Waals surface area contributed by atoms with Gasteiger partial charge in [0.25, 0.3) is 0 Å². The van der Waals surface area contributed by atoms with Gasteiger partial charge < -0.3 is 4.90 Å². The maximum Gasteiger partial charge on any atom is 0.0997 e. The van der Waals surface area contributed by atoms with Crippen molar-refractivity contribution in [2.45, 2.75) is 0 Å². The van der Waals surface area contributed by atoms with Gasteiger partial charge in [-0.2, -0.15) is 5.26 Å². The first-order valence-corrected chi connectivity index (χ1v) is 4.08. The van der Waals surface area contributed by atoms with E-state index in [0.29, 0.717) is 5.56 Å². The lowest BCUT2D eigenvalue weighted by Crippen LogP contribution is -1.99. The van der Waals surface area contributed by atoms with Crippen LogP contribution in [0, 0.1) is 11.3 Å². The van der Waals surface area contributed by atoms with E-state index in [9.17, 15) is 0 Å². The molecule has 0 saturated carbocycles. The van der Waals surface area contributed by atoms with Gasteiger partial charge in [-0.25, -0.2) is 0 Å². The second-order valence-electron chi connectivity index (χ2n) is 2.98. The Bertz CT molecular complexity index is 345. The molecule has 0 aliphatic heterocycles. The van der Waals surface area contributed by atoms with Gasteiger partial charge in [-0.1, -0.05) is 18.2 Å². The summed E-state index contributed by atoms with van der Waals surface area (Å²) in [5.41, 5.74) is 1.67. The minimum atomic E-state index is 0.709. The van der Waals surface area contributed by atoms with E-state index in [1.54, 1.807) is 0 Å². The van der Waals surface area contributed by atoms with Gasteiger partial charge in [0.1, 0.15) is 0 Å². The zero-order chi connectivity index (χ0) is 9.68. The first-order chi connectivity index (χ1) is 6.24. The molecule has 0 atom stereocenters. The summed E-state index contributed by atoms with van der Waals surface area (Å²) in [7, 11) is 3.90. The summed E-state index contributed by atoms with van der Waals surface area (Å²) >= 11 is 0. The van der Waals surface area contributed by atoms with Gasteiger partial charge >= 0.3 is 0 Å². The van der Waals surface area contributed by atoms with Crippen LogP contribution < -0.4 is 0 Å². The lowest BCUT2D eigenvalue weighted by molar-refractivity contribution is 0.567. The van der Waals surface area contributed by atoms with Crippen LogP contribution in [-0.4, -0.2) is 19.0 Å². The summed E-state index contributed by atoms with van der Waals surface area (Å²) in [6.07, 6.45) is 3.86. The molecule has 0 unspecified atom stereocenters. The first kappa shape index (κ1) is 9.34. The highest BCUT2D eigenvalue weighted by Gasteiger charge is 1.94. The molecule has 0 bridgehead atoms. The van der Waals surface area contributed by atoms with Crippen molar-refractivity contribution < 1.29 is 0 Å². The van der Waals surface area contributed by atoms with Crippen LogP contribution in [0.4, 0.5) is 0 Å². The average molecular weight is 172 g/mol. The van der Waals surface area contributed by atoms with Crippen molar-refractivity contribution in [3.8, 4) is 6.07 Å². The summed E-state index contributed by atoms with van der Waals surface area (Å²) in [5.74, 6) is 0. The molecule has 66 valence electrons. The molecule has 0 amide bonds. The first-order valence-electron chi connectivity index (χ1n) is 4.08. The quantitative estimate of drug-likeness (QED) is 0.683. The summed E-state index contributed by atoms with van der Waals surface area (Å²) < 4.78 is 0. The van der Waals surface area contributed by atoms with Crippen LogP contribution >= 0.6 is 0 Å². The topological polar surface area (TPSA) is 27.0 Å². The van der Waals surface area contributed by atoms with Gasteiger partial charge in [0, 0.05) is 14.1 Å². The molecule has 0 spiro atoms. The highest BCUT2D eigenvalue weighted by atomic mass is 15.0. The molecular weight excluding hydrogens is 160 g/mol. The molecule has 0 N–H and O–H groups in total. The van der Waals surface area contributed by atoms with E-state index in [0.717, 1.165) is 5.56 Å². The van der Waals surface area contributed by atoms with Crippen LogP contribution in [0.15, 0.2) is 30.5 Å². The third kappa shape index (κ3) is 2.64. The fraction of sp³-hybridized carbons (Fsp3) is 0.182. The number of hydrogen-bond donors (Lipinski definition) is 0. The van der Waals surface area contributed by atoms with Crippen molar-refractivity contribution in [3.63, 3.8) is 0 Å². The highest BCUT2D eigenvalue weighted by Crippen LogP contribution is 2.08. The van der Waals surface area contributed by atoms with Gasteiger partial charge in [0.05, 0.1) is 11.6 Å². The predicted molar refractivity (Wildman–Crippen MR) is 53.9 cm³/mol. The van der Waals surface area contributed by atoms with E-state index in [4.69, 9.17) is 5.26 Å². The maximum atomic E-state index is 8.79. The minimum absolute atomic E-state index is 0.709. The van der Waals surface area contributed by atoms with Gasteiger partial charge in [-0.3, -0.25) is 0 Å². The molecule has 0 aromatic heterocycles. The molecular formula is C11H12N2. The third-order valence-electron chi connectivity index (χ3n) is 1.63. The Balaban J connectivity index is 2.95. The molecule has 1 aromatic carbocycles. The Labute approximate surface area is 78.7 Å². The van der Waals surface area contributed by atoms with Gasteiger partial charge in [0.2, 0.25) is 0 Å². The lowest BCUT2D eigenvalue weighted by atomic mass is 10.1. The normalized spacial score (nSPS) is 9.92. The Morgan fingerprint density at radius 2 is 2.00 bits per heavy atom. The van der Waals surface area contributed by atoms with Crippen LogP contribution in [0.3, 0.4) is 0 Å². The van der Waals surface area contributed by atoms with E-state index >= 15 is 0 Å². The largest absolute Gasteiger partial charge is 0.383 e. The van der Waals surface area contributed by atoms with E-state index in [1.165, 1.54) is 0 Å². The SMILES string of the molecule is CN(C)C=Cc1ccccc1C#N. The van der Waals surface area contributed by atoms with Crippen LogP contribution in [0.1, 0.15) is 11.1 Å². The van der Waals surface area contributed by atoms with Crippen molar-refractivity contribution >= 4 is 6.08 Å². The zero-order valence-corrected chi connectivity index (χ0v) is 7.86. The van der Waals surface area contributed by atoms with Crippen LogP contribution in [0.5, 0.6) is 0 Å². The summed E-state index contributed by atoms with van der Waals surface area (Å²) in [6, 6.07) is 9.69. The Morgan fingerprint density at radius 1 is 1.31 bits per heavy atom. The van der Waals surface area contributed by atoms with Gasteiger partial charge in [0.15, 0.2) is 0 Å². The molecule has 0 radical (unpaired) electrons. The van der Waals surface area contributed by atoms with Gasteiger partial charge in [-0.15, -0.1) is 0 Å². The minimum Gasteiger partial charge on any atom is -0.383 e. The monoisotopic (exact) mass is 172 g/mol. The molecule has 2 heteroatoms. The second kappa shape index (κ2) is 4.32. The van der Waals surface area contributed by atoms with E-state index in [1.807, 2.05) is 55.5 Å². The van der Waals surface area contributed by atoms with Crippen molar-refractivity contribution in [3.05, 3.63) is 41.6 Å². The second-order valence-corrected chi connectivity index (χ2v) is 2.98. The van der Waals surface area contributed by atoms with E-state index in [2.05, 4.69) is 6.07 Å². The number of benzene rings is 1. The predicted octanol–water partition coefficient (Wildman–Crippen LogP) is 2.09. The Morgan fingerprint density at radius 3 is 2.62 bits per heavy atom. The average Bonchev–Trinajstić information content (AvgIpc) is 2.15. The lowest BCUT2D eigenvalue weighted by Gasteiger charge is -2.03. The van der Waals surface area contributed by atoms with Crippen LogP contribution in [0.25, 0.3) is 6.08 Å². The summed E-state index contributed by atoms with van der Waals surface area (Å²) in [4.78, 5) is 1.94. The van der Waals surface area contributed by atoms with Crippen molar-refractivity contribution in [1.82, 2.24) is 4.90 Å². The number of nitriles is 1. The molecule has 0 saturated heterocycles. The molecule has 13 heavy (non-hydrogen) atoms. The van der Waals surface area contributed by atoms with E-state index in [-0.39, 0.29) is 0 Å². The smallest absolute Gasteiger partial charge is 0.0997 e. The Hall–Kier alpha value is -1.75. The number of nitrogens with zero attached hydrogens (tertiary/aromatic N) is 2.